The van der Waals surface area contributed by atoms with Gasteiger partial charge in [-0.05, 0) is 42.8 Å². The van der Waals surface area contributed by atoms with Gasteiger partial charge < -0.3 is 34.3 Å². The number of anilines is 1. The lowest BCUT2D eigenvalue weighted by Gasteiger charge is -2.24. The van der Waals surface area contributed by atoms with Crippen LogP contribution in [0.25, 0.3) is 10.9 Å². The topological polar surface area (TPSA) is 100 Å². The van der Waals surface area contributed by atoms with Crippen molar-refractivity contribution in [3.63, 3.8) is 0 Å². The summed E-state index contributed by atoms with van der Waals surface area (Å²) in [6.07, 6.45) is 2.22. The lowest BCUT2D eigenvalue weighted by molar-refractivity contribution is 0.128. The quantitative estimate of drug-likeness (QED) is 0.279. The van der Waals surface area contributed by atoms with Crippen LogP contribution in [-0.2, 0) is 4.74 Å². The maximum absolute atomic E-state index is 15.1. The molecule has 2 aliphatic rings. The van der Waals surface area contributed by atoms with Crippen LogP contribution in [-0.4, -0.2) is 43.5 Å². The van der Waals surface area contributed by atoms with Gasteiger partial charge in [0.05, 0.1) is 30.2 Å². The van der Waals surface area contributed by atoms with Crippen molar-refractivity contribution < 1.29 is 37.3 Å². The van der Waals surface area contributed by atoms with Gasteiger partial charge in [0, 0.05) is 30.4 Å². The number of benzene rings is 3. The molecule has 0 radical (unpaired) electrons. The Morgan fingerprint density at radius 1 is 0.976 bits per heavy atom. The number of fused-ring (bicyclic) bond motifs is 3. The van der Waals surface area contributed by atoms with Gasteiger partial charge in [-0.25, -0.2) is 13.6 Å². The van der Waals surface area contributed by atoms with E-state index in [1.807, 2.05) is 0 Å². The normalized spacial score (nSPS) is 16.7. The summed E-state index contributed by atoms with van der Waals surface area (Å²) in [4.78, 5) is 16.9. The molecule has 4 aromatic rings. The zero-order chi connectivity index (χ0) is 28.3. The van der Waals surface area contributed by atoms with Crippen molar-refractivity contribution >= 4 is 22.6 Å². The van der Waals surface area contributed by atoms with Crippen molar-refractivity contribution in [2.75, 3.05) is 31.7 Å². The van der Waals surface area contributed by atoms with Crippen LogP contribution in [0, 0.1) is 11.6 Å². The van der Waals surface area contributed by atoms with Crippen molar-refractivity contribution in [2.45, 2.75) is 25.5 Å². The number of urea groups is 1. The summed E-state index contributed by atoms with van der Waals surface area (Å²) in [5.41, 5.74) is 1.49. The van der Waals surface area contributed by atoms with Crippen molar-refractivity contribution in [3.8, 4) is 28.7 Å². The predicted octanol–water partition coefficient (Wildman–Crippen LogP) is 6.13. The molecule has 0 bridgehead atoms. The Morgan fingerprint density at radius 2 is 1.78 bits per heavy atom. The number of halogens is 2. The molecule has 3 aromatic carbocycles. The van der Waals surface area contributed by atoms with Gasteiger partial charge in [0.25, 0.3) is 0 Å². The van der Waals surface area contributed by atoms with E-state index in [0.29, 0.717) is 60.3 Å². The monoisotopic (exact) mass is 563 g/mol. The molecule has 9 nitrogen and oxygen atoms in total. The number of rotatable bonds is 7. The zero-order valence-corrected chi connectivity index (χ0v) is 22.1. The zero-order valence-electron chi connectivity index (χ0n) is 22.1. The molecule has 6 rings (SSSR count). The van der Waals surface area contributed by atoms with Crippen LogP contribution in [0.5, 0.6) is 28.7 Å². The number of pyridine rings is 1. The molecule has 3 heterocycles. The standard InChI is InChI=1S/C30H27F2N3O6/c1-17(18-2-4-19(31)5-3-18)34-30(36)35-20-6-7-24(22(32)14-20)41-25-8-10-33-23-15-26(40-21-9-11-37-16-21)28-29(27(23)25)39-13-12-38-28/h2-8,10,14-15,17,21H,9,11-13,16H2,1H3,(H2,34,35,36)/t17-,21?/m0/s1. The van der Waals surface area contributed by atoms with E-state index in [1.165, 1.54) is 24.3 Å². The van der Waals surface area contributed by atoms with E-state index in [0.717, 1.165) is 18.1 Å². The fourth-order valence-corrected chi connectivity index (χ4v) is 4.71. The third-order valence-electron chi connectivity index (χ3n) is 6.75. The third kappa shape index (κ3) is 5.80. The second-order valence-corrected chi connectivity index (χ2v) is 9.66. The van der Waals surface area contributed by atoms with E-state index < -0.39 is 17.9 Å². The number of hydrogen-bond acceptors (Lipinski definition) is 7. The van der Waals surface area contributed by atoms with Gasteiger partial charge in [0.15, 0.2) is 23.1 Å². The number of carbonyl (C=O) groups is 1. The summed E-state index contributed by atoms with van der Waals surface area (Å²) in [5.74, 6) is 0.561. The van der Waals surface area contributed by atoms with E-state index in [2.05, 4.69) is 15.6 Å². The van der Waals surface area contributed by atoms with E-state index >= 15 is 4.39 Å². The Balaban J connectivity index is 1.20. The maximum atomic E-state index is 15.1. The fourth-order valence-electron chi connectivity index (χ4n) is 4.71. The minimum atomic E-state index is -0.688. The Hall–Kier alpha value is -4.64. The summed E-state index contributed by atoms with van der Waals surface area (Å²) in [6.45, 7) is 3.56. The molecule has 1 fully saturated rings. The lowest BCUT2D eigenvalue weighted by atomic mass is 10.1. The van der Waals surface area contributed by atoms with Crippen molar-refractivity contribution in [1.29, 1.82) is 0 Å². The van der Waals surface area contributed by atoms with E-state index in [9.17, 15) is 9.18 Å². The third-order valence-corrected chi connectivity index (χ3v) is 6.75. The molecule has 41 heavy (non-hydrogen) atoms. The molecule has 11 heteroatoms. The average Bonchev–Trinajstić information content (AvgIpc) is 3.48. The van der Waals surface area contributed by atoms with Crippen LogP contribution >= 0.6 is 0 Å². The van der Waals surface area contributed by atoms with Gasteiger partial charge in [0.2, 0.25) is 5.75 Å². The van der Waals surface area contributed by atoms with Gasteiger partial charge in [-0.1, -0.05) is 12.1 Å². The van der Waals surface area contributed by atoms with Gasteiger partial charge in [-0.2, -0.15) is 0 Å². The minimum Gasteiger partial charge on any atom is -0.485 e. The molecular formula is C30H27F2N3O6. The first-order valence-electron chi connectivity index (χ1n) is 13.2. The van der Waals surface area contributed by atoms with Crippen molar-refractivity contribution in [1.82, 2.24) is 10.3 Å². The van der Waals surface area contributed by atoms with Gasteiger partial charge in [-0.3, -0.25) is 4.98 Å². The Bertz CT molecular complexity index is 1580. The number of nitrogens with zero attached hydrogens (tertiary/aromatic N) is 1. The molecular weight excluding hydrogens is 536 g/mol. The predicted molar refractivity (Wildman–Crippen MR) is 146 cm³/mol. The van der Waals surface area contributed by atoms with Crippen LogP contribution in [0.3, 0.4) is 0 Å². The molecule has 1 aromatic heterocycles. The van der Waals surface area contributed by atoms with E-state index in [1.54, 1.807) is 37.4 Å². The highest BCUT2D eigenvalue weighted by molar-refractivity contribution is 5.95. The van der Waals surface area contributed by atoms with Gasteiger partial charge >= 0.3 is 6.03 Å². The molecule has 2 amide bonds. The van der Waals surface area contributed by atoms with Crippen molar-refractivity contribution in [3.05, 3.63) is 78.0 Å². The maximum Gasteiger partial charge on any atom is 0.319 e. The number of hydrogen-bond donors (Lipinski definition) is 2. The Labute approximate surface area is 234 Å². The molecule has 1 saturated heterocycles. The highest BCUT2D eigenvalue weighted by Gasteiger charge is 2.27. The minimum absolute atomic E-state index is 0.0583. The average molecular weight is 564 g/mol. The smallest absolute Gasteiger partial charge is 0.319 e. The number of ether oxygens (including phenoxy) is 5. The first-order valence-corrected chi connectivity index (χ1v) is 13.2. The Kier molecular flexibility index (Phi) is 7.43. The molecule has 212 valence electrons. The van der Waals surface area contributed by atoms with Crippen LogP contribution in [0.4, 0.5) is 19.3 Å². The molecule has 0 aliphatic carbocycles. The van der Waals surface area contributed by atoms with E-state index in [-0.39, 0.29) is 23.4 Å². The second kappa shape index (κ2) is 11.5. The number of carbonyl (C=O) groups excluding carboxylic acids is 1. The summed E-state index contributed by atoms with van der Waals surface area (Å²) >= 11 is 0. The first-order chi connectivity index (χ1) is 19.9. The lowest BCUT2D eigenvalue weighted by Crippen LogP contribution is -2.31. The molecule has 0 spiro atoms. The summed E-state index contributed by atoms with van der Waals surface area (Å²) in [6, 6.07) is 12.3. The molecule has 1 unspecified atom stereocenters. The fraction of sp³-hybridized carbons (Fsp3) is 0.267. The van der Waals surface area contributed by atoms with Gasteiger partial charge in [0.1, 0.15) is 30.9 Å². The second-order valence-electron chi connectivity index (χ2n) is 9.66. The molecule has 2 aliphatic heterocycles. The largest absolute Gasteiger partial charge is 0.485 e. The Morgan fingerprint density at radius 3 is 2.54 bits per heavy atom. The summed E-state index contributed by atoms with van der Waals surface area (Å²) in [7, 11) is 0. The summed E-state index contributed by atoms with van der Waals surface area (Å²) < 4.78 is 57.7. The first kappa shape index (κ1) is 26.6. The number of nitrogens with one attached hydrogen (secondary N) is 2. The van der Waals surface area contributed by atoms with E-state index in [4.69, 9.17) is 23.7 Å². The molecule has 2 atom stereocenters. The molecule has 2 N–H and O–H groups in total. The number of amides is 2. The highest BCUT2D eigenvalue weighted by Crippen LogP contribution is 2.49. The van der Waals surface area contributed by atoms with Gasteiger partial charge in [-0.15, -0.1) is 0 Å². The number of aromatic nitrogens is 1. The van der Waals surface area contributed by atoms with Crippen LogP contribution in [0.15, 0.2) is 60.8 Å². The van der Waals surface area contributed by atoms with Crippen molar-refractivity contribution in [2.24, 2.45) is 0 Å². The molecule has 0 saturated carbocycles. The SMILES string of the molecule is C[C@H](NC(=O)Nc1ccc(Oc2ccnc3cc(OC4CCOC4)c4c(c23)OCCO4)c(F)c1)c1ccc(F)cc1. The van der Waals surface area contributed by atoms with Crippen LogP contribution in [0.1, 0.15) is 24.9 Å². The summed E-state index contributed by atoms with van der Waals surface area (Å²) in [5, 5.41) is 5.86. The highest BCUT2D eigenvalue weighted by atomic mass is 19.1. The van der Waals surface area contributed by atoms with Crippen LogP contribution < -0.4 is 29.6 Å². The van der Waals surface area contributed by atoms with Crippen LogP contribution in [0.2, 0.25) is 0 Å².